The quantitative estimate of drug-likeness (QED) is 0.530. The van der Waals surface area contributed by atoms with Crippen molar-refractivity contribution in [2.75, 3.05) is 5.32 Å². The predicted molar refractivity (Wildman–Crippen MR) is 121 cm³/mol. The Morgan fingerprint density at radius 1 is 1.12 bits per heavy atom. The number of fused-ring (bicyclic) bond motifs is 1. The van der Waals surface area contributed by atoms with Crippen molar-refractivity contribution in [2.45, 2.75) is 32.5 Å². The van der Waals surface area contributed by atoms with Crippen molar-refractivity contribution in [1.82, 2.24) is 4.90 Å². The molecule has 0 aliphatic carbocycles. The van der Waals surface area contributed by atoms with Gasteiger partial charge in [-0.25, -0.2) is 8.78 Å². The Kier molecular flexibility index (Phi) is 6.60. The number of amides is 2. The third-order valence-electron chi connectivity index (χ3n) is 5.42. The van der Waals surface area contributed by atoms with Crippen LogP contribution in [0.3, 0.4) is 0 Å². The molecule has 0 saturated heterocycles. The zero-order valence-electron chi connectivity index (χ0n) is 17.8. The van der Waals surface area contributed by atoms with Crippen LogP contribution in [0.1, 0.15) is 34.8 Å². The van der Waals surface area contributed by atoms with Crippen LogP contribution in [0.15, 0.2) is 60.7 Å². The van der Waals surface area contributed by atoms with E-state index in [0.29, 0.717) is 28.4 Å². The molecule has 1 aliphatic rings. The monoisotopic (exact) mass is 470 g/mol. The van der Waals surface area contributed by atoms with E-state index in [0.717, 1.165) is 17.7 Å². The van der Waals surface area contributed by atoms with E-state index in [1.807, 2.05) is 25.1 Å². The van der Waals surface area contributed by atoms with Crippen molar-refractivity contribution in [3.63, 3.8) is 0 Å². The summed E-state index contributed by atoms with van der Waals surface area (Å²) in [5.41, 5.74) is 1.11. The Balaban J connectivity index is 1.62. The number of ether oxygens (including phenoxy) is 1. The summed E-state index contributed by atoms with van der Waals surface area (Å²) in [4.78, 5) is 27.2. The number of nitrogens with one attached hydrogen (secondary N) is 1. The summed E-state index contributed by atoms with van der Waals surface area (Å²) in [6.07, 6.45) is -0.191. The molecule has 0 aromatic heterocycles. The fraction of sp³-hybridized carbons (Fsp3) is 0.200. The minimum Gasteiger partial charge on any atom is -0.480 e. The number of carbonyl (C=O) groups is 2. The normalized spacial score (nSPS) is 15.5. The molecule has 0 saturated carbocycles. The Labute approximate surface area is 194 Å². The molecule has 0 radical (unpaired) electrons. The highest BCUT2D eigenvalue weighted by Gasteiger charge is 2.30. The van der Waals surface area contributed by atoms with Gasteiger partial charge in [-0.2, -0.15) is 0 Å². The molecular weight excluding hydrogens is 450 g/mol. The van der Waals surface area contributed by atoms with E-state index in [-0.39, 0.29) is 19.0 Å². The number of hydrogen-bond donors (Lipinski definition) is 1. The topological polar surface area (TPSA) is 58.6 Å². The summed E-state index contributed by atoms with van der Waals surface area (Å²) >= 11 is 6.29. The highest BCUT2D eigenvalue weighted by molar-refractivity contribution is 6.31. The molecule has 0 bridgehead atoms. The standard InChI is InChI=1S/C25H21ClF2N2O3/c1-2-21-25(32)30(13-15-6-3-4-7-18(15)26)14-16-12-17(10-11-22(16)33-21)29-24(31)23-19(27)8-5-9-20(23)28/h3-12,21H,2,13-14H2,1H3,(H,29,31)/t21-/m0/s1. The Morgan fingerprint density at radius 3 is 2.55 bits per heavy atom. The maximum atomic E-state index is 14.0. The fourth-order valence-electron chi connectivity index (χ4n) is 3.72. The van der Waals surface area contributed by atoms with Gasteiger partial charge < -0.3 is 15.0 Å². The van der Waals surface area contributed by atoms with Crippen LogP contribution in [0.4, 0.5) is 14.5 Å². The molecule has 1 N–H and O–H groups in total. The molecule has 1 aliphatic heterocycles. The van der Waals surface area contributed by atoms with Crippen molar-refractivity contribution in [2.24, 2.45) is 0 Å². The van der Waals surface area contributed by atoms with Crippen LogP contribution in [-0.4, -0.2) is 22.8 Å². The van der Waals surface area contributed by atoms with Gasteiger partial charge in [0, 0.05) is 29.4 Å². The lowest BCUT2D eigenvalue weighted by molar-refractivity contribution is -0.139. The molecule has 3 aromatic carbocycles. The van der Waals surface area contributed by atoms with Gasteiger partial charge in [-0.1, -0.05) is 42.8 Å². The van der Waals surface area contributed by atoms with Crippen LogP contribution in [0.2, 0.25) is 5.02 Å². The number of rotatable bonds is 5. The second-order valence-corrected chi connectivity index (χ2v) is 8.08. The molecule has 4 rings (SSSR count). The smallest absolute Gasteiger partial charge is 0.264 e. The highest BCUT2D eigenvalue weighted by Crippen LogP contribution is 2.31. The van der Waals surface area contributed by atoms with Gasteiger partial charge in [0.15, 0.2) is 6.10 Å². The lowest BCUT2D eigenvalue weighted by atomic mass is 10.1. The number of benzene rings is 3. The molecule has 1 heterocycles. The van der Waals surface area contributed by atoms with E-state index in [1.165, 1.54) is 6.07 Å². The summed E-state index contributed by atoms with van der Waals surface area (Å²) in [5.74, 6) is -2.48. The van der Waals surface area contributed by atoms with Crippen molar-refractivity contribution >= 4 is 29.1 Å². The molecule has 3 aromatic rings. The molecule has 1 atom stereocenters. The number of nitrogens with zero attached hydrogens (tertiary/aromatic N) is 1. The first-order valence-corrected chi connectivity index (χ1v) is 10.8. The second kappa shape index (κ2) is 9.58. The average Bonchev–Trinajstić information content (AvgIpc) is 2.91. The van der Waals surface area contributed by atoms with Gasteiger partial charge in [0.2, 0.25) is 0 Å². The third-order valence-corrected chi connectivity index (χ3v) is 5.78. The summed E-state index contributed by atoms with van der Waals surface area (Å²) < 4.78 is 33.9. The van der Waals surface area contributed by atoms with Gasteiger partial charge >= 0.3 is 0 Å². The van der Waals surface area contributed by atoms with E-state index in [4.69, 9.17) is 16.3 Å². The van der Waals surface area contributed by atoms with Crippen LogP contribution in [-0.2, 0) is 17.9 Å². The summed E-state index contributed by atoms with van der Waals surface area (Å²) in [7, 11) is 0. The zero-order chi connectivity index (χ0) is 23.5. The Bertz CT molecular complexity index is 1200. The third kappa shape index (κ3) is 4.83. The van der Waals surface area contributed by atoms with E-state index in [1.54, 1.807) is 29.2 Å². The average molecular weight is 471 g/mol. The highest BCUT2D eigenvalue weighted by atomic mass is 35.5. The number of halogens is 3. The van der Waals surface area contributed by atoms with Gasteiger partial charge in [0.25, 0.3) is 11.8 Å². The van der Waals surface area contributed by atoms with Gasteiger partial charge in [-0.05, 0) is 48.4 Å². The fourth-order valence-corrected chi connectivity index (χ4v) is 3.91. The second-order valence-electron chi connectivity index (χ2n) is 7.67. The lowest BCUT2D eigenvalue weighted by Crippen LogP contribution is -2.38. The largest absolute Gasteiger partial charge is 0.480 e. The Hall–Kier alpha value is -3.45. The van der Waals surface area contributed by atoms with Crippen molar-refractivity contribution in [3.05, 3.63) is 94.0 Å². The molecule has 33 heavy (non-hydrogen) atoms. The maximum Gasteiger partial charge on any atom is 0.264 e. The molecule has 5 nitrogen and oxygen atoms in total. The predicted octanol–water partition coefficient (Wildman–Crippen LogP) is 5.57. The first-order valence-electron chi connectivity index (χ1n) is 10.4. The Morgan fingerprint density at radius 2 is 1.85 bits per heavy atom. The van der Waals surface area contributed by atoms with Gasteiger partial charge in [0.05, 0.1) is 0 Å². The van der Waals surface area contributed by atoms with Crippen LogP contribution >= 0.6 is 11.6 Å². The summed E-state index contributed by atoms with van der Waals surface area (Å²) in [5, 5.41) is 3.07. The van der Waals surface area contributed by atoms with E-state index >= 15 is 0 Å². The van der Waals surface area contributed by atoms with E-state index < -0.39 is 29.2 Å². The van der Waals surface area contributed by atoms with Crippen LogP contribution in [0.25, 0.3) is 0 Å². The molecule has 0 fully saturated rings. The number of anilines is 1. The molecule has 0 unspecified atom stereocenters. The molecule has 170 valence electrons. The molecule has 2 amide bonds. The summed E-state index contributed by atoms with van der Waals surface area (Å²) in [6.45, 7) is 2.36. The van der Waals surface area contributed by atoms with Crippen LogP contribution < -0.4 is 10.1 Å². The van der Waals surface area contributed by atoms with Crippen molar-refractivity contribution < 1.29 is 23.1 Å². The number of carbonyl (C=O) groups excluding carboxylic acids is 2. The van der Waals surface area contributed by atoms with Crippen molar-refractivity contribution in [1.29, 1.82) is 0 Å². The molecular formula is C25H21ClF2N2O3. The van der Waals surface area contributed by atoms with Gasteiger partial charge in [-0.3, -0.25) is 9.59 Å². The van der Waals surface area contributed by atoms with Crippen molar-refractivity contribution in [3.8, 4) is 5.75 Å². The SMILES string of the molecule is CC[C@@H]1Oc2ccc(NC(=O)c3c(F)cccc3F)cc2CN(Cc2ccccc2Cl)C1=O. The minimum atomic E-state index is -0.951. The van der Waals surface area contributed by atoms with Crippen LogP contribution in [0, 0.1) is 11.6 Å². The lowest BCUT2D eigenvalue weighted by Gasteiger charge is -2.23. The zero-order valence-corrected chi connectivity index (χ0v) is 18.5. The molecule has 8 heteroatoms. The van der Waals surface area contributed by atoms with E-state index in [9.17, 15) is 18.4 Å². The number of hydrogen-bond acceptors (Lipinski definition) is 3. The summed E-state index contributed by atoms with van der Waals surface area (Å²) in [6, 6.07) is 15.3. The van der Waals surface area contributed by atoms with Crippen LogP contribution in [0.5, 0.6) is 5.75 Å². The van der Waals surface area contributed by atoms with E-state index in [2.05, 4.69) is 5.32 Å². The first kappa shape index (κ1) is 22.7. The van der Waals surface area contributed by atoms with Gasteiger partial charge in [-0.15, -0.1) is 0 Å². The maximum absolute atomic E-state index is 14.0. The first-order chi connectivity index (χ1) is 15.9. The minimum absolute atomic E-state index is 0.173. The van der Waals surface area contributed by atoms with Gasteiger partial charge in [0.1, 0.15) is 22.9 Å². The molecule has 0 spiro atoms.